The predicted molar refractivity (Wildman–Crippen MR) is 68.6 cm³/mol. The predicted octanol–water partition coefficient (Wildman–Crippen LogP) is 1.22. The van der Waals surface area contributed by atoms with E-state index < -0.39 is 0 Å². The number of nitrogens with zero attached hydrogens (tertiary/aromatic N) is 2. The third-order valence-electron chi connectivity index (χ3n) is 2.70. The summed E-state index contributed by atoms with van der Waals surface area (Å²) in [5.41, 5.74) is 2.09. The lowest BCUT2D eigenvalue weighted by Crippen LogP contribution is -2.26. The van der Waals surface area contributed by atoms with Crippen LogP contribution in [-0.2, 0) is 6.42 Å². The maximum atomic E-state index is 12.2. The van der Waals surface area contributed by atoms with E-state index in [1.54, 1.807) is 42.7 Å². The van der Waals surface area contributed by atoms with Crippen LogP contribution in [0.1, 0.15) is 16.1 Å². The minimum absolute atomic E-state index is 0.0261. The Hall–Kier alpha value is -2.14. The van der Waals surface area contributed by atoms with Gasteiger partial charge in [-0.2, -0.15) is 0 Å². The van der Waals surface area contributed by atoms with Crippen molar-refractivity contribution in [2.24, 2.45) is 0 Å². The number of anilines is 1. The highest BCUT2D eigenvalue weighted by atomic mass is 16.3. The van der Waals surface area contributed by atoms with Gasteiger partial charge in [0.25, 0.3) is 5.91 Å². The number of pyridine rings is 1. The van der Waals surface area contributed by atoms with Crippen molar-refractivity contribution in [2.45, 2.75) is 6.42 Å². The Balaban J connectivity index is 2.20. The van der Waals surface area contributed by atoms with Gasteiger partial charge in [-0.15, -0.1) is 0 Å². The fraction of sp³-hybridized carbons (Fsp3) is 0.231. The Morgan fingerprint density at radius 2 is 2.33 bits per heavy atom. The lowest BCUT2D eigenvalue weighted by Gasteiger charge is -2.15. The van der Waals surface area contributed by atoms with E-state index in [0.717, 1.165) is 5.69 Å². The third-order valence-corrected chi connectivity index (χ3v) is 2.70. The molecule has 0 radical (unpaired) electrons. The SMILES string of the molecule is CN(C(=O)c1ccnc(CCO)c1)c1cc[nH]c1. The summed E-state index contributed by atoms with van der Waals surface area (Å²) in [7, 11) is 1.72. The van der Waals surface area contributed by atoms with Gasteiger partial charge in [0.15, 0.2) is 0 Å². The number of aromatic amines is 1. The largest absolute Gasteiger partial charge is 0.396 e. The topological polar surface area (TPSA) is 69.2 Å². The molecule has 0 aliphatic carbocycles. The van der Waals surface area contributed by atoms with Crippen LogP contribution in [0.15, 0.2) is 36.8 Å². The lowest BCUT2D eigenvalue weighted by molar-refractivity contribution is 0.0992. The molecule has 5 nitrogen and oxygen atoms in total. The van der Waals surface area contributed by atoms with E-state index >= 15 is 0 Å². The third kappa shape index (κ3) is 2.57. The van der Waals surface area contributed by atoms with Gasteiger partial charge in [-0.3, -0.25) is 9.78 Å². The van der Waals surface area contributed by atoms with Gasteiger partial charge in [-0.25, -0.2) is 0 Å². The van der Waals surface area contributed by atoms with E-state index in [1.807, 2.05) is 6.07 Å². The van der Waals surface area contributed by atoms with Gasteiger partial charge in [0.05, 0.1) is 5.69 Å². The van der Waals surface area contributed by atoms with Crippen molar-refractivity contribution in [3.05, 3.63) is 48.0 Å². The second-order valence-electron chi connectivity index (χ2n) is 3.94. The molecular weight excluding hydrogens is 230 g/mol. The van der Waals surface area contributed by atoms with Crippen molar-refractivity contribution in [1.82, 2.24) is 9.97 Å². The minimum Gasteiger partial charge on any atom is -0.396 e. The first kappa shape index (κ1) is 12.3. The Bertz CT molecular complexity index is 523. The van der Waals surface area contributed by atoms with E-state index in [2.05, 4.69) is 9.97 Å². The maximum absolute atomic E-state index is 12.2. The Morgan fingerprint density at radius 1 is 1.50 bits per heavy atom. The van der Waals surface area contributed by atoms with Gasteiger partial charge in [0.2, 0.25) is 0 Å². The van der Waals surface area contributed by atoms with Gasteiger partial charge < -0.3 is 15.0 Å². The highest BCUT2D eigenvalue weighted by Crippen LogP contribution is 2.14. The second kappa shape index (κ2) is 5.46. The number of aliphatic hydroxyl groups is 1. The molecule has 0 aliphatic heterocycles. The molecule has 2 heterocycles. The molecular formula is C13H15N3O2. The lowest BCUT2D eigenvalue weighted by atomic mass is 10.1. The molecule has 0 unspecified atom stereocenters. The Kier molecular flexibility index (Phi) is 3.74. The molecule has 0 spiro atoms. The van der Waals surface area contributed by atoms with Crippen LogP contribution in [0.25, 0.3) is 0 Å². The molecule has 2 aromatic heterocycles. The zero-order valence-corrected chi connectivity index (χ0v) is 10.1. The number of aliphatic hydroxyl groups excluding tert-OH is 1. The van der Waals surface area contributed by atoms with E-state index in [1.165, 1.54) is 0 Å². The van der Waals surface area contributed by atoms with E-state index in [-0.39, 0.29) is 12.5 Å². The Labute approximate surface area is 105 Å². The van der Waals surface area contributed by atoms with Crippen molar-refractivity contribution < 1.29 is 9.90 Å². The number of rotatable bonds is 4. The summed E-state index contributed by atoms with van der Waals surface area (Å²) in [5.74, 6) is -0.101. The van der Waals surface area contributed by atoms with Crippen LogP contribution in [0, 0.1) is 0 Å². The normalized spacial score (nSPS) is 10.3. The summed E-state index contributed by atoms with van der Waals surface area (Å²) in [6.45, 7) is 0.0261. The molecule has 1 amide bonds. The zero-order valence-electron chi connectivity index (χ0n) is 10.1. The van der Waals surface area contributed by atoms with Crippen LogP contribution in [0.3, 0.4) is 0 Å². The van der Waals surface area contributed by atoms with Crippen molar-refractivity contribution in [1.29, 1.82) is 0 Å². The average Bonchev–Trinajstić information content (AvgIpc) is 2.91. The van der Waals surface area contributed by atoms with E-state index in [0.29, 0.717) is 17.7 Å². The number of amides is 1. The fourth-order valence-corrected chi connectivity index (χ4v) is 1.70. The van der Waals surface area contributed by atoms with Crippen LogP contribution in [-0.4, -0.2) is 34.6 Å². The highest BCUT2D eigenvalue weighted by molar-refractivity contribution is 6.05. The van der Waals surface area contributed by atoms with Crippen LogP contribution >= 0.6 is 0 Å². The highest BCUT2D eigenvalue weighted by Gasteiger charge is 2.14. The summed E-state index contributed by atoms with van der Waals surface area (Å²) in [6.07, 6.45) is 5.56. The molecule has 2 N–H and O–H groups in total. The van der Waals surface area contributed by atoms with Crippen LogP contribution in [0.2, 0.25) is 0 Å². The average molecular weight is 245 g/mol. The van der Waals surface area contributed by atoms with Crippen LogP contribution < -0.4 is 4.90 Å². The van der Waals surface area contributed by atoms with E-state index in [4.69, 9.17) is 5.11 Å². The van der Waals surface area contributed by atoms with Crippen LogP contribution in [0.4, 0.5) is 5.69 Å². The van der Waals surface area contributed by atoms with Crippen molar-refractivity contribution in [2.75, 3.05) is 18.6 Å². The summed E-state index contributed by atoms with van der Waals surface area (Å²) in [5, 5.41) is 8.87. The fourth-order valence-electron chi connectivity index (χ4n) is 1.70. The van der Waals surface area contributed by atoms with Gasteiger partial charge in [0, 0.05) is 49.9 Å². The maximum Gasteiger partial charge on any atom is 0.258 e. The van der Waals surface area contributed by atoms with Gasteiger partial charge in [-0.05, 0) is 18.2 Å². The molecule has 0 atom stereocenters. The zero-order chi connectivity index (χ0) is 13.0. The second-order valence-corrected chi connectivity index (χ2v) is 3.94. The monoisotopic (exact) mass is 245 g/mol. The quantitative estimate of drug-likeness (QED) is 0.851. The van der Waals surface area contributed by atoms with Gasteiger partial charge in [0.1, 0.15) is 0 Å². The molecule has 2 aromatic rings. The standard InChI is InChI=1S/C13H15N3O2/c1-16(12-3-5-14-9-12)13(18)10-2-6-15-11(8-10)4-7-17/h2-3,5-6,8-9,14,17H,4,7H2,1H3. The number of aromatic nitrogens is 2. The first-order valence-electron chi connectivity index (χ1n) is 5.69. The van der Waals surface area contributed by atoms with Crippen molar-refractivity contribution in [3.63, 3.8) is 0 Å². The first-order valence-corrected chi connectivity index (χ1v) is 5.69. The van der Waals surface area contributed by atoms with Gasteiger partial charge in [-0.1, -0.05) is 0 Å². The summed E-state index contributed by atoms with van der Waals surface area (Å²) < 4.78 is 0. The molecule has 94 valence electrons. The van der Waals surface area contributed by atoms with Crippen LogP contribution in [0.5, 0.6) is 0 Å². The number of carbonyl (C=O) groups excluding carboxylic acids is 1. The summed E-state index contributed by atoms with van der Waals surface area (Å²) in [4.78, 5) is 20.8. The van der Waals surface area contributed by atoms with Gasteiger partial charge >= 0.3 is 0 Å². The van der Waals surface area contributed by atoms with E-state index in [9.17, 15) is 4.79 Å². The number of hydrogen-bond donors (Lipinski definition) is 2. The number of hydrogen-bond acceptors (Lipinski definition) is 3. The van der Waals surface area contributed by atoms with Crippen molar-refractivity contribution in [3.8, 4) is 0 Å². The summed E-state index contributed by atoms with van der Waals surface area (Å²) in [6, 6.07) is 5.21. The molecule has 0 aromatic carbocycles. The smallest absolute Gasteiger partial charge is 0.258 e. The number of H-pyrrole nitrogens is 1. The minimum atomic E-state index is -0.101. The summed E-state index contributed by atoms with van der Waals surface area (Å²) >= 11 is 0. The molecule has 2 rings (SSSR count). The number of carbonyl (C=O) groups is 1. The molecule has 0 saturated heterocycles. The van der Waals surface area contributed by atoms with Crippen molar-refractivity contribution >= 4 is 11.6 Å². The molecule has 0 bridgehead atoms. The molecule has 18 heavy (non-hydrogen) atoms. The molecule has 5 heteroatoms. The molecule has 0 saturated carbocycles. The first-order chi connectivity index (χ1) is 8.72. The molecule has 0 aliphatic rings. The Morgan fingerprint density at radius 3 is 3.00 bits per heavy atom. The molecule has 0 fully saturated rings. The number of nitrogens with one attached hydrogen (secondary N) is 1.